The van der Waals surface area contributed by atoms with Crippen LogP contribution in [0.5, 0.6) is 0 Å². The predicted molar refractivity (Wildman–Crippen MR) is 141 cm³/mol. The van der Waals surface area contributed by atoms with Crippen LogP contribution < -0.4 is 0 Å². The molecule has 0 saturated carbocycles. The van der Waals surface area contributed by atoms with E-state index in [1.54, 1.807) is 6.33 Å². The van der Waals surface area contributed by atoms with Crippen molar-refractivity contribution >= 4 is 64.9 Å². The van der Waals surface area contributed by atoms with E-state index in [0.29, 0.717) is 0 Å². The Morgan fingerprint density at radius 2 is 0.879 bits per heavy atom. The second kappa shape index (κ2) is 7.04. The third-order valence-corrected chi connectivity index (χ3v) is 6.70. The number of nitrogens with zero attached hydrogens (tertiary/aromatic N) is 1. The van der Waals surface area contributed by atoms with Crippen LogP contribution in [0.25, 0.3) is 64.9 Å². The zero-order chi connectivity index (χ0) is 21.8. The van der Waals surface area contributed by atoms with E-state index >= 15 is 0 Å². The lowest BCUT2D eigenvalue weighted by Gasteiger charge is -2.09. The van der Waals surface area contributed by atoms with Crippen LogP contribution in [0.15, 0.2) is 116 Å². The Hall–Kier alpha value is -4.43. The second-order valence-corrected chi connectivity index (χ2v) is 8.51. The number of aromatic amines is 1. The first-order valence-corrected chi connectivity index (χ1v) is 11.2. The normalized spacial score (nSPS) is 11.6. The van der Waals surface area contributed by atoms with Crippen molar-refractivity contribution < 1.29 is 0 Å². The molecule has 0 aliphatic heterocycles. The van der Waals surface area contributed by atoms with Crippen LogP contribution in [-0.2, 0) is 0 Å². The Kier molecular flexibility index (Phi) is 3.88. The molecule has 8 aromatic rings. The fraction of sp³-hybridized carbons (Fsp3) is 0. The van der Waals surface area contributed by atoms with Gasteiger partial charge in [0.05, 0.1) is 17.4 Å². The SMILES string of the molecule is c1cc2ccc3cccc4ccc(c1)c2c34.c1ccc2c(c1)c1ccccc1c1[nH]cnc21. The minimum Gasteiger partial charge on any atom is -0.344 e. The van der Waals surface area contributed by atoms with Crippen LogP contribution in [0.3, 0.4) is 0 Å². The van der Waals surface area contributed by atoms with E-state index in [9.17, 15) is 0 Å². The van der Waals surface area contributed by atoms with E-state index in [-0.39, 0.29) is 0 Å². The maximum absolute atomic E-state index is 4.44. The molecule has 0 fully saturated rings. The Morgan fingerprint density at radius 3 is 1.42 bits per heavy atom. The number of hydrogen-bond acceptors (Lipinski definition) is 1. The van der Waals surface area contributed by atoms with Crippen molar-refractivity contribution in [2.75, 3.05) is 0 Å². The maximum atomic E-state index is 4.44. The van der Waals surface area contributed by atoms with Crippen LogP contribution in [0.4, 0.5) is 0 Å². The first kappa shape index (κ1) is 18.2. The summed E-state index contributed by atoms with van der Waals surface area (Å²) in [6.07, 6.45) is 1.77. The van der Waals surface area contributed by atoms with Gasteiger partial charge in [-0.2, -0.15) is 0 Å². The highest BCUT2D eigenvalue weighted by atomic mass is 14.9. The summed E-state index contributed by atoms with van der Waals surface area (Å²) in [6.45, 7) is 0. The van der Waals surface area contributed by atoms with Gasteiger partial charge < -0.3 is 4.98 Å². The van der Waals surface area contributed by atoms with Crippen molar-refractivity contribution in [1.82, 2.24) is 9.97 Å². The molecule has 0 unspecified atom stereocenters. The van der Waals surface area contributed by atoms with Gasteiger partial charge in [-0.05, 0) is 43.1 Å². The molecule has 7 aromatic carbocycles. The van der Waals surface area contributed by atoms with Crippen molar-refractivity contribution in [3.63, 3.8) is 0 Å². The second-order valence-electron chi connectivity index (χ2n) is 8.51. The number of rotatable bonds is 0. The minimum absolute atomic E-state index is 1.05. The van der Waals surface area contributed by atoms with Gasteiger partial charge in [0.15, 0.2) is 0 Å². The smallest absolute Gasteiger partial charge is 0.0967 e. The third kappa shape index (κ3) is 2.71. The molecule has 0 aliphatic rings. The van der Waals surface area contributed by atoms with Crippen LogP contribution in [0, 0.1) is 0 Å². The molecule has 1 N–H and O–H groups in total. The fourth-order valence-corrected chi connectivity index (χ4v) is 5.23. The van der Waals surface area contributed by atoms with Crippen molar-refractivity contribution in [3.8, 4) is 0 Å². The molecule has 0 spiro atoms. The predicted octanol–water partition coefficient (Wildman–Crippen LogP) is 8.45. The maximum Gasteiger partial charge on any atom is 0.0967 e. The Morgan fingerprint density at radius 1 is 0.424 bits per heavy atom. The molecule has 0 bridgehead atoms. The molecule has 1 heterocycles. The molecule has 0 radical (unpaired) electrons. The van der Waals surface area contributed by atoms with Crippen molar-refractivity contribution in [2.45, 2.75) is 0 Å². The fourth-order valence-electron chi connectivity index (χ4n) is 5.23. The van der Waals surface area contributed by atoms with Gasteiger partial charge in [-0.3, -0.25) is 0 Å². The highest BCUT2D eigenvalue weighted by molar-refractivity contribution is 6.23. The minimum atomic E-state index is 1.05. The van der Waals surface area contributed by atoms with Gasteiger partial charge >= 0.3 is 0 Å². The molecule has 33 heavy (non-hydrogen) atoms. The highest BCUT2D eigenvalue weighted by Crippen LogP contribution is 2.34. The van der Waals surface area contributed by atoms with Crippen molar-refractivity contribution in [3.05, 3.63) is 116 Å². The number of nitrogens with one attached hydrogen (secondary N) is 1. The van der Waals surface area contributed by atoms with Gasteiger partial charge in [0.2, 0.25) is 0 Å². The molecule has 0 aliphatic carbocycles. The largest absolute Gasteiger partial charge is 0.344 e. The first-order valence-electron chi connectivity index (χ1n) is 11.2. The monoisotopic (exact) mass is 420 g/mol. The number of aromatic nitrogens is 2. The van der Waals surface area contributed by atoms with Crippen molar-refractivity contribution in [2.24, 2.45) is 0 Å². The lowest BCUT2D eigenvalue weighted by molar-refractivity contribution is 1.35. The molecular formula is C31H20N2. The third-order valence-electron chi connectivity index (χ3n) is 6.70. The lowest BCUT2D eigenvalue weighted by Crippen LogP contribution is -1.82. The number of fused-ring (bicyclic) bond motifs is 6. The average molecular weight is 421 g/mol. The van der Waals surface area contributed by atoms with E-state index in [4.69, 9.17) is 0 Å². The molecule has 0 saturated heterocycles. The van der Waals surface area contributed by atoms with Crippen molar-refractivity contribution in [1.29, 1.82) is 0 Å². The summed E-state index contributed by atoms with van der Waals surface area (Å²) in [5.41, 5.74) is 2.18. The zero-order valence-electron chi connectivity index (χ0n) is 17.9. The van der Waals surface area contributed by atoms with Gasteiger partial charge in [-0.15, -0.1) is 0 Å². The Labute approximate surface area is 190 Å². The quantitative estimate of drug-likeness (QED) is 0.245. The molecule has 1 aromatic heterocycles. The summed E-state index contributed by atoms with van der Waals surface area (Å²) in [4.78, 5) is 7.69. The first-order chi connectivity index (χ1) is 16.4. The number of H-pyrrole nitrogens is 1. The summed E-state index contributed by atoms with van der Waals surface area (Å²) in [7, 11) is 0. The summed E-state index contributed by atoms with van der Waals surface area (Å²) in [5, 5.41) is 13.1. The van der Waals surface area contributed by atoms with E-state index in [1.165, 1.54) is 53.9 Å². The average Bonchev–Trinajstić information content (AvgIpc) is 3.39. The van der Waals surface area contributed by atoms with Gasteiger partial charge in [0.25, 0.3) is 0 Å². The van der Waals surface area contributed by atoms with E-state index in [1.807, 2.05) is 0 Å². The molecule has 0 amide bonds. The number of imidazole rings is 1. The molecule has 154 valence electrons. The summed E-state index contributed by atoms with van der Waals surface area (Å²) >= 11 is 0. The summed E-state index contributed by atoms with van der Waals surface area (Å²) in [6, 6.07) is 38.7. The lowest BCUT2D eigenvalue weighted by atomic mass is 9.95. The molecule has 2 nitrogen and oxygen atoms in total. The van der Waals surface area contributed by atoms with Gasteiger partial charge in [0, 0.05) is 10.8 Å². The molecule has 8 rings (SSSR count). The van der Waals surface area contributed by atoms with E-state index in [0.717, 1.165) is 11.0 Å². The Bertz CT molecular complexity index is 1730. The molecule has 0 atom stereocenters. The summed E-state index contributed by atoms with van der Waals surface area (Å²) < 4.78 is 0. The van der Waals surface area contributed by atoms with Crippen LogP contribution >= 0.6 is 0 Å². The van der Waals surface area contributed by atoms with Gasteiger partial charge in [-0.25, -0.2) is 4.98 Å². The molecule has 2 heteroatoms. The summed E-state index contributed by atoms with van der Waals surface area (Å²) in [5.74, 6) is 0. The van der Waals surface area contributed by atoms with Crippen LogP contribution in [0.2, 0.25) is 0 Å². The highest BCUT2D eigenvalue weighted by Gasteiger charge is 2.09. The van der Waals surface area contributed by atoms with E-state index in [2.05, 4.69) is 119 Å². The Balaban J connectivity index is 0.000000115. The molecular weight excluding hydrogens is 400 g/mol. The zero-order valence-corrected chi connectivity index (χ0v) is 17.9. The standard InChI is InChI=1S/C16H10.C15H10N2/c1-3-11-7-9-13-5-2-6-14-10-8-12(4-1)15(11)16(13)14;1-3-7-12-10(5-1)11-6-2-4-8-13(11)15-14(12)16-9-17-15/h1-10H;1-9H,(H,16,17). The van der Waals surface area contributed by atoms with Crippen LogP contribution in [-0.4, -0.2) is 9.97 Å². The van der Waals surface area contributed by atoms with Crippen LogP contribution in [0.1, 0.15) is 0 Å². The number of hydrogen-bond donors (Lipinski definition) is 1. The number of benzene rings is 7. The topological polar surface area (TPSA) is 28.7 Å². The van der Waals surface area contributed by atoms with E-state index < -0.39 is 0 Å². The van der Waals surface area contributed by atoms with Gasteiger partial charge in [-0.1, -0.05) is 109 Å². The van der Waals surface area contributed by atoms with Gasteiger partial charge in [0.1, 0.15) is 0 Å².